The van der Waals surface area contributed by atoms with Gasteiger partial charge in [-0.1, -0.05) is 41.4 Å². The normalized spacial score (nSPS) is 17.5. The summed E-state index contributed by atoms with van der Waals surface area (Å²) in [6, 6.07) is 9.56. The summed E-state index contributed by atoms with van der Waals surface area (Å²) in [5, 5.41) is 5.57. The fourth-order valence-corrected chi connectivity index (χ4v) is 6.22. The number of carbonyl (C=O) groups is 1. The van der Waals surface area contributed by atoms with Crippen molar-refractivity contribution in [3.8, 4) is 0 Å². The molecule has 5 nitrogen and oxygen atoms in total. The molecule has 0 spiro atoms. The van der Waals surface area contributed by atoms with Gasteiger partial charge in [0.25, 0.3) is 0 Å². The molecular formula is C25H26Br2ClN3O2. The summed E-state index contributed by atoms with van der Waals surface area (Å²) >= 11 is 13.5. The van der Waals surface area contributed by atoms with Crippen LogP contribution >= 0.6 is 43.5 Å². The van der Waals surface area contributed by atoms with Crippen LogP contribution in [0.2, 0.25) is 5.02 Å². The van der Waals surface area contributed by atoms with Crippen LogP contribution in [0.3, 0.4) is 0 Å². The SMILES string of the molecule is CCCN1c2cc(Cl)c(/C=N\NC(=O)c3cc4cc(Br)cc(Br)c4o3)cc2C(C)CC1(C)C. The molecule has 1 amide bonds. The molecule has 8 heteroatoms. The number of hydrogen-bond acceptors (Lipinski definition) is 4. The molecule has 0 radical (unpaired) electrons. The van der Waals surface area contributed by atoms with Gasteiger partial charge in [-0.25, -0.2) is 5.43 Å². The van der Waals surface area contributed by atoms with Gasteiger partial charge < -0.3 is 9.32 Å². The molecule has 1 aromatic heterocycles. The molecule has 2 heterocycles. The van der Waals surface area contributed by atoms with Crippen LogP contribution in [0.25, 0.3) is 11.0 Å². The third-order valence-corrected chi connectivity index (χ3v) is 7.45. The third-order valence-electron chi connectivity index (χ3n) is 6.08. The van der Waals surface area contributed by atoms with Crippen LogP contribution < -0.4 is 10.3 Å². The van der Waals surface area contributed by atoms with Gasteiger partial charge in [-0.15, -0.1) is 0 Å². The second-order valence-electron chi connectivity index (χ2n) is 9.12. The zero-order valence-electron chi connectivity index (χ0n) is 19.0. The summed E-state index contributed by atoms with van der Waals surface area (Å²) in [4.78, 5) is 15.0. The molecule has 33 heavy (non-hydrogen) atoms. The Bertz CT molecular complexity index is 1250. The van der Waals surface area contributed by atoms with Crippen molar-refractivity contribution in [2.45, 2.75) is 52.0 Å². The molecule has 1 aliphatic heterocycles. The van der Waals surface area contributed by atoms with Crippen molar-refractivity contribution in [3.63, 3.8) is 0 Å². The number of amides is 1. The molecular weight excluding hydrogens is 570 g/mol. The lowest BCUT2D eigenvalue weighted by molar-refractivity contribution is 0.0929. The molecule has 1 N–H and O–H groups in total. The van der Waals surface area contributed by atoms with Gasteiger partial charge in [-0.2, -0.15) is 5.10 Å². The molecule has 174 valence electrons. The molecule has 1 aliphatic rings. The van der Waals surface area contributed by atoms with Crippen molar-refractivity contribution < 1.29 is 9.21 Å². The highest BCUT2D eigenvalue weighted by Crippen LogP contribution is 2.45. The third kappa shape index (κ3) is 4.86. The lowest BCUT2D eigenvalue weighted by Crippen LogP contribution is -2.48. The highest BCUT2D eigenvalue weighted by Gasteiger charge is 2.36. The number of hydrazone groups is 1. The molecule has 2 aromatic carbocycles. The number of anilines is 1. The van der Waals surface area contributed by atoms with Crippen LogP contribution in [-0.2, 0) is 0 Å². The molecule has 3 aromatic rings. The van der Waals surface area contributed by atoms with Gasteiger partial charge in [0.2, 0.25) is 0 Å². The minimum Gasteiger partial charge on any atom is -0.450 e. The summed E-state index contributed by atoms with van der Waals surface area (Å²) in [7, 11) is 0. The first-order chi connectivity index (χ1) is 15.6. The van der Waals surface area contributed by atoms with Crippen LogP contribution in [0.1, 0.15) is 68.1 Å². The summed E-state index contributed by atoms with van der Waals surface area (Å²) in [5.41, 5.74) is 6.45. The van der Waals surface area contributed by atoms with Crippen LogP contribution in [-0.4, -0.2) is 24.2 Å². The zero-order valence-corrected chi connectivity index (χ0v) is 22.9. The highest BCUT2D eigenvalue weighted by atomic mass is 79.9. The van der Waals surface area contributed by atoms with Gasteiger partial charge in [0.05, 0.1) is 15.7 Å². The van der Waals surface area contributed by atoms with E-state index in [0.717, 1.165) is 39.3 Å². The topological polar surface area (TPSA) is 57.8 Å². The fraction of sp³-hybridized carbons (Fsp3) is 0.360. The van der Waals surface area contributed by atoms with E-state index in [1.807, 2.05) is 18.2 Å². The first kappa shape index (κ1) is 24.3. The van der Waals surface area contributed by atoms with Crippen molar-refractivity contribution in [2.75, 3.05) is 11.4 Å². The van der Waals surface area contributed by atoms with E-state index >= 15 is 0 Å². The maximum Gasteiger partial charge on any atom is 0.307 e. The largest absolute Gasteiger partial charge is 0.450 e. The lowest BCUT2D eigenvalue weighted by Gasteiger charge is -2.47. The number of benzene rings is 2. The number of furan rings is 1. The van der Waals surface area contributed by atoms with Crippen molar-refractivity contribution in [2.24, 2.45) is 5.10 Å². The number of nitrogens with zero attached hydrogens (tertiary/aromatic N) is 2. The highest BCUT2D eigenvalue weighted by molar-refractivity contribution is 9.11. The smallest absolute Gasteiger partial charge is 0.307 e. The molecule has 1 unspecified atom stereocenters. The molecule has 0 aliphatic carbocycles. The average molecular weight is 596 g/mol. The molecule has 0 bridgehead atoms. The second kappa shape index (κ2) is 9.43. The Kier molecular flexibility index (Phi) is 6.95. The van der Waals surface area contributed by atoms with E-state index in [2.05, 4.69) is 81.0 Å². The van der Waals surface area contributed by atoms with E-state index in [0.29, 0.717) is 16.5 Å². The molecule has 0 fully saturated rings. The minimum absolute atomic E-state index is 0.0759. The summed E-state index contributed by atoms with van der Waals surface area (Å²) in [6.07, 6.45) is 3.72. The predicted octanol–water partition coefficient (Wildman–Crippen LogP) is 7.88. The van der Waals surface area contributed by atoms with Crippen molar-refractivity contribution >= 4 is 72.2 Å². The summed E-state index contributed by atoms with van der Waals surface area (Å²) in [6.45, 7) is 10.0. The first-order valence-corrected chi connectivity index (χ1v) is 12.9. The van der Waals surface area contributed by atoms with E-state index in [-0.39, 0.29) is 11.3 Å². The van der Waals surface area contributed by atoms with Crippen molar-refractivity contribution in [1.29, 1.82) is 0 Å². The number of hydrogen-bond donors (Lipinski definition) is 1. The van der Waals surface area contributed by atoms with E-state index in [1.54, 1.807) is 12.3 Å². The Morgan fingerprint density at radius 1 is 1.30 bits per heavy atom. The second-order valence-corrected chi connectivity index (χ2v) is 11.3. The van der Waals surface area contributed by atoms with Crippen molar-refractivity contribution in [1.82, 2.24) is 5.43 Å². The van der Waals surface area contributed by atoms with Gasteiger partial charge in [-0.3, -0.25) is 4.79 Å². The fourth-order valence-electron chi connectivity index (χ4n) is 4.67. The van der Waals surface area contributed by atoms with Crippen LogP contribution in [0.4, 0.5) is 5.69 Å². The van der Waals surface area contributed by atoms with Crippen LogP contribution in [0.5, 0.6) is 0 Å². The molecule has 0 saturated heterocycles. The van der Waals surface area contributed by atoms with Crippen LogP contribution in [0, 0.1) is 0 Å². The average Bonchev–Trinajstić information content (AvgIpc) is 3.16. The lowest BCUT2D eigenvalue weighted by atomic mass is 9.79. The van der Waals surface area contributed by atoms with Gasteiger partial charge in [0.15, 0.2) is 5.76 Å². The summed E-state index contributed by atoms with van der Waals surface area (Å²) in [5.74, 6) is 0.155. The van der Waals surface area contributed by atoms with Crippen molar-refractivity contribution in [3.05, 3.63) is 61.2 Å². The van der Waals surface area contributed by atoms with E-state index in [4.69, 9.17) is 16.0 Å². The van der Waals surface area contributed by atoms with E-state index < -0.39 is 5.91 Å². The zero-order chi connectivity index (χ0) is 23.9. The minimum atomic E-state index is -0.427. The monoisotopic (exact) mass is 593 g/mol. The Hall–Kier alpha value is -1.83. The van der Waals surface area contributed by atoms with Gasteiger partial charge in [0, 0.05) is 33.2 Å². The predicted molar refractivity (Wildman–Crippen MR) is 143 cm³/mol. The van der Waals surface area contributed by atoms with Gasteiger partial charge >= 0.3 is 5.91 Å². The first-order valence-electron chi connectivity index (χ1n) is 10.9. The number of fused-ring (bicyclic) bond motifs is 2. The van der Waals surface area contributed by atoms with Gasteiger partial charge in [0.1, 0.15) is 5.58 Å². The number of rotatable bonds is 5. The Morgan fingerprint density at radius 2 is 2.06 bits per heavy atom. The van der Waals surface area contributed by atoms with Crippen LogP contribution in [0.15, 0.2) is 48.8 Å². The molecule has 4 rings (SSSR count). The van der Waals surface area contributed by atoms with E-state index in [9.17, 15) is 4.79 Å². The molecule has 1 atom stereocenters. The van der Waals surface area contributed by atoms with E-state index in [1.165, 1.54) is 11.3 Å². The Labute approximate surface area is 215 Å². The maximum absolute atomic E-state index is 12.6. The quantitative estimate of drug-likeness (QED) is 0.241. The Balaban J connectivity index is 1.56. The number of halogens is 3. The Morgan fingerprint density at radius 3 is 2.79 bits per heavy atom. The number of carbonyl (C=O) groups excluding carboxylic acids is 1. The maximum atomic E-state index is 12.6. The summed E-state index contributed by atoms with van der Waals surface area (Å²) < 4.78 is 7.36. The standard InChI is InChI=1S/C25H26Br2ClN3O2/c1-5-6-31-21-11-20(28)16(8-18(21)14(2)12-25(31,3)4)13-29-30-24(32)22-9-15-7-17(26)10-19(27)23(15)33-22/h7-11,13-14H,5-6,12H2,1-4H3,(H,30,32)/b29-13-. The number of nitrogens with one attached hydrogen (secondary N) is 1. The van der Waals surface area contributed by atoms with Gasteiger partial charge in [-0.05, 0) is 84.4 Å². The molecule has 0 saturated carbocycles.